The van der Waals surface area contributed by atoms with Gasteiger partial charge in [0.2, 0.25) is 11.8 Å². The number of carboxylic acids is 1. The predicted octanol–water partition coefficient (Wildman–Crippen LogP) is 4.72. The number of halogens is 3. The van der Waals surface area contributed by atoms with Gasteiger partial charge in [-0.05, 0) is 35.4 Å². The first kappa shape index (κ1) is 29.3. The van der Waals surface area contributed by atoms with E-state index in [0.717, 1.165) is 21.9 Å². The molecule has 0 aliphatic carbocycles. The van der Waals surface area contributed by atoms with Crippen LogP contribution < -0.4 is 5.32 Å². The molecule has 0 radical (unpaired) electrons. The Morgan fingerprint density at radius 1 is 1.02 bits per heavy atom. The van der Waals surface area contributed by atoms with E-state index in [2.05, 4.69) is 5.32 Å². The van der Waals surface area contributed by atoms with Gasteiger partial charge in [-0.3, -0.25) is 34.7 Å². The van der Waals surface area contributed by atoms with E-state index in [1.54, 1.807) is 0 Å². The van der Waals surface area contributed by atoms with Crippen LogP contribution in [0.25, 0.3) is 0 Å². The van der Waals surface area contributed by atoms with Crippen molar-refractivity contribution in [3.63, 3.8) is 0 Å². The molecule has 2 saturated heterocycles. The average molecular weight is 600 g/mol. The van der Waals surface area contributed by atoms with Crippen molar-refractivity contribution < 1.29 is 37.6 Å². The number of carboxylic acid groups (broad SMARTS) is 1. The third-order valence-electron chi connectivity index (χ3n) is 7.66. The largest absolute Gasteiger partial charge is 0.480 e. The first-order chi connectivity index (χ1) is 19.9. The van der Waals surface area contributed by atoms with Gasteiger partial charge < -0.3 is 5.11 Å². The molecule has 2 N–H and O–H groups in total. The number of non-ortho nitro benzene ring substituents is 1. The zero-order chi connectivity index (χ0) is 30.2. The highest BCUT2D eigenvalue weighted by Gasteiger charge is 2.68. The lowest BCUT2D eigenvalue weighted by Gasteiger charge is -2.31. The smallest absolute Gasteiger partial charge is 0.416 e. The topological polar surface area (TPSA) is 130 Å². The lowest BCUT2D eigenvalue weighted by molar-refractivity contribution is -0.384. The number of nitro groups is 1. The molecule has 5 rings (SSSR count). The fourth-order valence-corrected chi connectivity index (χ4v) is 6.60. The van der Waals surface area contributed by atoms with Crippen LogP contribution in [0.4, 0.5) is 18.9 Å². The number of carbonyl (C=O) groups is 3. The first-order valence-corrected chi connectivity index (χ1v) is 13.9. The second kappa shape index (κ2) is 11.2. The Bertz CT molecular complexity index is 1540. The van der Waals surface area contributed by atoms with Crippen molar-refractivity contribution in [2.45, 2.75) is 29.1 Å². The van der Waals surface area contributed by atoms with Gasteiger partial charge in [0.1, 0.15) is 5.54 Å². The molecule has 2 heterocycles. The standard InChI is InChI=1S/C29H24F3N3O6S/c30-29(31,32)19-6-4-5-18(15-19)24-22-23(26(37)34(25(22)36)13-14-42-21-7-2-1-3-8-21)28(33-24,27(38)39)16-17-9-11-20(12-10-17)35(40)41/h1-12,15,22-24,33H,13-14,16H2,(H,38,39). The number of amides is 2. The summed E-state index contributed by atoms with van der Waals surface area (Å²) in [7, 11) is 0. The van der Waals surface area contributed by atoms with E-state index in [4.69, 9.17) is 0 Å². The molecule has 9 nitrogen and oxygen atoms in total. The molecule has 3 aromatic rings. The van der Waals surface area contributed by atoms with Gasteiger partial charge >= 0.3 is 12.1 Å². The number of fused-ring (bicyclic) bond motifs is 1. The van der Waals surface area contributed by atoms with Crippen molar-refractivity contribution in [1.82, 2.24) is 10.2 Å². The summed E-state index contributed by atoms with van der Waals surface area (Å²) < 4.78 is 40.7. The summed E-state index contributed by atoms with van der Waals surface area (Å²) in [5.41, 5.74) is -2.93. The average Bonchev–Trinajstić information content (AvgIpc) is 3.43. The molecule has 0 aromatic heterocycles. The molecule has 2 fully saturated rings. The van der Waals surface area contributed by atoms with Crippen LogP contribution in [0.3, 0.4) is 0 Å². The summed E-state index contributed by atoms with van der Waals surface area (Å²) in [4.78, 5) is 52.9. The van der Waals surface area contributed by atoms with Crippen LogP contribution in [0, 0.1) is 22.0 Å². The molecule has 2 amide bonds. The van der Waals surface area contributed by atoms with Crippen molar-refractivity contribution in [3.8, 4) is 0 Å². The fourth-order valence-electron chi connectivity index (χ4n) is 5.74. The predicted molar refractivity (Wildman–Crippen MR) is 145 cm³/mol. The van der Waals surface area contributed by atoms with Gasteiger partial charge in [0.05, 0.1) is 22.3 Å². The number of carbonyl (C=O) groups excluding carboxylic acids is 2. The Labute approximate surface area is 241 Å². The van der Waals surface area contributed by atoms with Crippen LogP contribution in [-0.4, -0.2) is 50.5 Å². The van der Waals surface area contributed by atoms with Crippen LogP contribution in [0.5, 0.6) is 0 Å². The number of thioether (sulfide) groups is 1. The molecular formula is C29H24F3N3O6S. The summed E-state index contributed by atoms with van der Waals surface area (Å²) in [5.74, 6) is -5.25. The number of benzene rings is 3. The van der Waals surface area contributed by atoms with E-state index >= 15 is 0 Å². The molecule has 13 heteroatoms. The summed E-state index contributed by atoms with van der Waals surface area (Å²) in [6.07, 6.45) is -5.03. The molecule has 0 saturated carbocycles. The minimum Gasteiger partial charge on any atom is -0.480 e. The lowest BCUT2D eigenvalue weighted by Crippen LogP contribution is -2.57. The lowest BCUT2D eigenvalue weighted by atomic mass is 9.76. The maximum absolute atomic E-state index is 13.8. The minimum absolute atomic E-state index is 0.0211. The Balaban J connectivity index is 1.53. The monoisotopic (exact) mass is 599 g/mol. The number of nitrogens with zero attached hydrogens (tertiary/aromatic N) is 2. The molecule has 3 aromatic carbocycles. The van der Waals surface area contributed by atoms with Gasteiger partial charge in [-0.1, -0.05) is 42.5 Å². The molecule has 2 aliphatic heterocycles. The molecule has 218 valence electrons. The third kappa shape index (κ3) is 5.37. The number of nitrogens with one attached hydrogen (secondary N) is 1. The highest BCUT2D eigenvalue weighted by molar-refractivity contribution is 7.99. The van der Waals surface area contributed by atoms with Crippen LogP contribution in [-0.2, 0) is 27.0 Å². The molecule has 0 bridgehead atoms. The molecular weight excluding hydrogens is 575 g/mol. The van der Waals surface area contributed by atoms with Crippen molar-refractivity contribution >= 4 is 35.2 Å². The number of hydrogen-bond acceptors (Lipinski definition) is 7. The Hall–Kier alpha value is -4.23. The van der Waals surface area contributed by atoms with Crippen molar-refractivity contribution in [3.05, 3.63) is 106 Å². The van der Waals surface area contributed by atoms with Crippen LogP contribution in [0.1, 0.15) is 22.7 Å². The van der Waals surface area contributed by atoms with E-state index < -0.39 is 57.9 Å². The third-order valence-corrected chi connectivity index (χ3v) is 8.65. The van der Waals surface area contributed by atoms with Crippen LogP contribution in [0.15, 0.2) is 83.8 Å². The maximum atomic E-state index is 13.8. The SMILES string of the molecule is O=C1C2C(c3cccc(C(F)(F)F)c3)NC(Cc3ccc([N+](=O)[O-])cc3)(C(=O)O)C2C(=O)N1CCSc1ccccc1. The normalized spacial score (nSPS) is 23.7. The van der Waals surface area contributed by atoms with E-state index in [-0.39, 0.29) is 24.2 Å². The number of nitro benzene ring substituents is 1. The molecule has 4 unspecified atom stereocenters. The zero-order valence-electron chi connectivity index (χ0n) is 21.8. The Morgan fingerprint density at radius 2 is 1.71 bits per heavy atom. The summed E-state index contributed by atoms with van der Waals surface area (Å²) in [6, 6.07) is 17.4. The highest BCUT2D eigenvalue weighted by atomic mass is 32.2. The Kier molecular flexibility index (Phi) is 7.82. The maximum Gasteiger partial charge on any atom is 0.416 e. The zero-order valence-corrected chi connectivity index (χ0v) is 22.6. The summed E-state index contributed by atoms with van der Waals surface area (Å²) >= 11 is 1.40. The second-order valence-corrected chi connectivity index (χ2v) is 11.3. The summed E-state index contributed by atoms with van der Waals surface area (Å²) in [5, 5.41) is 24.5. The molecule has 2 aliphatic rings. The number of hydrogen-bond donors (Lipinski definition) is 2. The van der Waals surface area contributed by atoms with Gasteiger partial charge in [-0.15, -0.1) is 11.8 Å². The van der Waals surface area contributed by atoms with Crippen LogP contribution in [0.2, 0.25) is 0 Å². The van der Waals surface area contributed by atoms with E-state index in [1.165, 1.54) is 48.2 Å². The van der Waals surface area contributed by atoms with E-state index in [9.17, 15) is 42.8 Å². The second-order valence-electron chi connectivity index (χ2n) is 10.1. The molecule has 0 spiro atoms. The Morgan fingerprint density at radius 3 is 2.33 bits per heavy atom. The highest BCUT2D eigenvalue weighted by Crippen LogP contribution is 2.50. The van der Waals surface area contributed by atoms with Gasteiger partial charge in [0.15, 0.2) is 0 Å². The van der Waals surface area contributed by atoms with Crippen molar-refractivity contribution in [1.29, 1.82) is 0 Å². The van der Waals surface area contributed by atoms with Crippen molar-refractivity contribution in [2.75, 3.05) is 12.3 Å². The number of aliphatic carboxylic acids is 1. The first-order valence-electron chi connectivity index (χ1n) is 12.9. The van der Waals surface area contributed by atoms with Crippen LogP contribution >= 0.6 is 11.8 Å². The van der Waals surface area contributed by atoms with Gasteiger partial charge in [-0.2, -0.15) is 13.2 Å². The summed E-state index contributed by atoms with van der Waals surface area (Å²) in [6.45, 7) is -0.0211. The number of alkyl halides is 3. The van der Waals surface area contributed by atoms with Gasteiger partial charge in [0, 0.05) is 41.8 Å². The number of rotatable bonds is 9. The van der Waals surface area contributed by atoms with Crippen molar-refractivity contribution in [2.24, 2.45) is 11.8 Å². The van der Waals surface area contributed by atoms with E-state index in [0.29, 0.717) is 11.3 Å². The minimum atomic E-state index is -4.69. The quantitative estimate of drug-likeness (QED) is 0.157. The van der Waals surface area contributed by atoms with E-state index in [1.807, 2.05) is 30.3 Å². The number of imide groups is 1. The van der Waals surface area contributed by atoms with Gasteiger partial charge in [0.25, 0.3) is 5.69 Å². The molecule has 42 heavy (non-hydrogen) atoms. The number of likely N-dealkylation sites (tertiary alicyclic amines) is 1. The molecule has 4 atom stereocenters. The fraction of sp³-hybridized carbons (Fsp3) is 0.276. The van der Waals surface area contributed by atoms with Gasteiger partial charge in [-0.25, -0.2) is 0 Å².